The van der Waals surface area contributed by atoms with Gasteiger partial charge in [0.25, 0.3) is 0 Å². The third-order valence-electron chi connectivity index (χ3n) is 5.15. The van der Waals surface area contributed by atoms with Crippen LogP contribution in [0.1, 0.15) is 31.2 Å². The van der Waals surface area contributed by atoms with Crippen LogP contribution in [0.2, 0.25) is 0 Å². The van der Waals surface area contributed by atoms with E-state index in [9.17, 15) is 9.59 Å². The van der Waals surface area contributed by atoms with Gasteiger partial charge < -0.3 is 20.3 Å². The van der Waals surface area contributed by atoms with E-state index in [0.29, 0.717) is 13.1 Å². The first kappa shape index (κ1) is 15.3. The molecule has 6 heteroatoms. The van der Waals surface area contributed by atoms with Gasteiger partial charge in [-0.25, -0.2) is 4.79 Å². The maximum atomic E-state index is 12.3. The number of aryl methyl sites for hydroxylation is 1. The Bertz CT molecular complexity index is 651. The highest BCUT2D eigenvalue weighted by Crippen LogP contribution is 2.28. The van der Waals surface area contributed by atoms with Crippen molar-refractivity contribution in [3.63, 3.8) is 0 Å². The van der Waals surface area contributed by atoms with E-state index in [1.165, 1.54) is 0 Å². The van der Waals surface area contributed by atoms with Crippen LogP contribution in [0.25, 0.3) is 0 Å². The molecule has 2 aliphatic heterocycles. The lowest BCUT2D eigenvalue weighted by Crippen LogP contribution is -2.62. The van der Waals surface area contributed by atoms with E-state index in [2.05, 4.69) is 10.6 Å². The maximum absolute atomic E-state index is 12.3. The number of amides is 3. The Morgan fingerprint density at radius 2 is 2.00 bits per heavy atom. The number of nitrogens with one attached hydrogen (secondary N) is 2. The Balaban J connectivity index is 1.26. The van der Waals surface area contributed by atoms with Gasteiger partial charge >= 0.3 is 6.03 Å². The first-order valence-corrected chi connectivity index (χ1v) is 8.81. The summed E-state index contributed by atoms with van der Waals surface area (Å²) in [5.74, 6) is 1.27. The van der Waals surface area contributed by atoms with Crippen LogP contribution in [-0.2, 0) is 11.2 Å². The van der Waals surface area contributed by atoms with Crippen LogP contribution in [0.5, 0.6) is 5.75 Å². The number of hydrogen-bond acceptors (Lipinski definition) is 3. The quantitative estimate of drug-likeness (QED) is 0.892. The molecule has 0 atom stereocenters. The van der Waals surface area contributed by atoms with Crippen molar-refractivity contribution >= 4 is 17.6 Å². The highest BCUT2D eigenvalue weighted by Gasteiger charge is 2.34. The van der Waals surface area contributed by atoms with Gasteiger partial charge in [-0.1, -0.05) is 6.42 Å². The minimum absolute atomic E-state index is 0.0979. The van der Waals surface area contributed by atoms with Crippen LogP contribution in [0.3, 0.4) is 0 Å². The molecule has 1 saturated heterocycles. The average Bonchev–Trinajstić information content (AvgIpc) is 2.48. The summed E-state index contributed by atoms with van der Waals surface area (Å²) in [5.41, 5.74) is 1.94. The first-order chi connectivity index (χ1) is 11.7. The molecule has 2 heterocycles. The summed E-state index contributed by atoms with van der Waals surface area (Å²) >= 11 is 0. The van der Waals surface area contributed by atoms with Crippen LogP contribution < -0.4 is 15.4 Å². The Hall–Kier alpha value is -2.24. The summed E-state index contributed by atoms with van der Waals surface area (Å²) in [7, 11) is 0. The number of carbonyl (C=O) groups excluding carboxylic acids is 2. The largest absolute Gasteiger partial charge is 0.493 e. The summed E-state index contributed by atoms with van der Waals surface area (Å²) in [6.07, 6.45) is 5.16. The molecule has 3 amide bonds. The molecule has 128 valence electrons. The van der Waals surface area contributed by atoms with Crippen molar-refractivity contribution in [1.29, 1.82) is 0 Å². The van der Waals surface area contributed by atoms with E-state index >= 15 is 0 Å². The van der Waals surface area contributed by atoms with Crippen molar-refractivity contribution in [2.24, 2.45) is 5.92 Å². The fraction of sp³-hybridized carbons (Fsp3) is 0.556. The minimum atomic E-state index is -0.110. The zero-order valence-corrected chi connectivity index (χ0v) is 13.7. The molecule has 2 fully saturated rings. The number of anilines is 1. The summed E-state index contributed by atoms with van der Waals surface area (Å²) in [6, 6.07) is 5.77. The molecule has 4 rings (SSSR count). The van der Waals surface area contributed by atoms with Gasteiger partial charge in [0, 0.05) is 24.7 Å². The summed E-state index contributed by atoms with van der Waals surface area (Å²) in [6.45, 7) is 1.93. The van der Waals surface area contributed by atoms with Crippen molar-refractivity contribution < 1.29 is 14.3 Å². The van der Waals surface area contributed by atoms with Gasteiger partial charge in [0.1, 0.15) is 5.75 Å². The highest BCUT2D eigenvalue weighted by atomic mass is 16.5. The van der Waals surface area contributed by atoms with E-state index < -0.39 is 0 Å². The van der Waals surface area contributed by atoms with Gasteiger partial charge in [-0.2, -0.15) is 0 Å². The van der Waals surface area contributed by atoms with Gasteiger partial charge in [-0.15, -0.1) is 0 Å². The number of urea groups is 1. The molecule has 1 aromatic rings. The molecule has 24 heavy (non-hydrogen) atoms. The number of likely N-dealkylation sites (tertiary alicyclic amines) is 1. The number of ether oxygens (including phenoxy) is 1. The van der Waals surface area contributed by atoms with Crippen molar-refractivity contribution in [1.82, 2.24) is 10.2 Å². The molecule has 0 radical (unpaired) electrons. The first-order valence-electron chi connectivity index (χ1n) is 8.81. The lowest BCUT2D eigenvalue weighted by molar-refractivity contribution is -0.129. The second-order valence-corrected chi connectivity index (χ2v) is 6.94. The standard InChI is InChI=1S/C18H23N3O3/c22-17(12-3-1-4-12)19-15-10-21(11-15)18(23)20-14-6-7-16-13(9-14)5-2-8-24-16/h6-7,9,12,15H,1-5,8,10-11H2,(H,19,22)(H,20,23). The summed E-state index contributed by atoms with van der Waals surface area (Å²) in [5, 5.41) is 5.96. The molecule has 1 aliphatic carbocycles. The predicted octanol–water partition coefficient (Wildman–Crippen LogP) is 2.14. The Morgan fingerprint density at radius 3 is 2.75 bits per heavy atom. The zero-order valence-electron chi connectivity index (χ0n) is 13.7. The molecule has 1 saturated carbocycles. The van der Waals surface area contributed by atoms with E-state index in [0.717, 1.165) is 55.7 Å². The second-order valence-electron chi connectivity index (χ2n) is 6.94. The lowest BCUT2D eigenvalue weighted by atomic mass is 9.84. The number of carbonyl (C=O) groups is 2. The molecule has 2 N–H and O–H groups in total. The van der Waals surface area contributed by atoms with Crippen molar-refractivity contribution in [2.45, 2.75) is 38.1 Å². The van der Waals surface area contributed by atoms with E-state index in [4.69, 9.17) is 4.74 Å². The molecule has 3 aliphatic rings. The highest BCUT2D eigenvalue weighted by molar-refractivity contribution is 5.90. The molecule has 0 bridgehead atoms. The third-order valence-corrected chi connectivity index (χ3v) is 5.15. The molecule has 1 aromatic carbocycles. The van der Waals surface area contributed by atoms with Gasteiger partial charge in [0.15, 0.2) is 0 Å². The van der Waals surface area contributed by atoms with Gasteiger partial charge in [0.2, 0.25) is 5.91 Å². The molecule has 6 nitrogen and oxygen atoms in total. The smallest absolute Gasteiger partial charge is 0.321 e. The Kier molecular flexibility index (Phi) is 4.04. The van der Waals surface area contributed by atoms with Gasteiger partial charge in [-0.05, 0) is 49.4 Å². The fourth-order valence-corrected chi connectivity index (χ4v) is 3.37. The van der Waals surface area contributed by atoms with Gasteiger partial charge in [-0.3, -0.25) is 4.79 Å². The number of hydrogen-bond donors (Lipinski definition) is 2. The zero-order chi connectivity index (χ0) is 16.5. The monoisotopic (exact) mass is 329 g/mol. The minimum Gasteiger partial charge on any atom is -0.493 e. The summed E-state index contributed by atoms with van der Waals surface area (Å²) in [4.78, 5) is 25.9. The fourth-order valence-electron chi connectivity index (χ4n) is 3.37. The predicted molar refractivity (Wildman–Crippen MR) is 90.1 cm³/mol. The number of benzene rings is 1. The SMILES string of the molecule is O=C(NC1CN(C(=O)Nc2ccc3c(c2)CCCO3)C1)C1CCC1. The normalized spacial score (nSPS) is 20.2. The van der Waals surface area contributed by atoms with Crippen LogP contribution in [-0.4, -0.2) is 42.6 Å². The van der Waals surface area contributed by atoms with Gasteiger partial charge in [0.05, 0.1) is 12.6 Å². The molecular weight excluding hydrogens is 306 g/mol. The van der Waals surface area contributed by atoms with Crippen LogP contribution in [0.4, 0.5) is 10.5 Å². The molecule has 0 unspecified atom stereocenters. The Morgan fingerprint density at radius 1 is 1.17 bits per heavy atom. The van der Waals surface area contributed by atoms with E-state index in [1.54, 1.807) is 4.90 Å². The third kappa shape index (κ3) is 3.05. The maximum Gasteiger partial charge on any atom is 0.321 e. The van der Waals surface area contributed by atoms with Crippen LogP contribution in [0.15, 0.2) is 18.2 Å². The molecule has 0 aromatic heterocycles. The van der Waals surface area contributed by atoms with Crippen molar-refractivity contribution in [3.8, 4) is 5.75 Å². The topological polar surface area (TPSA) is 70.7 Å². The van der Waals surface area contributed by atoms with E-state index in [-0.39, 0.29) is 23.9 Å². The van der Waals surface area contributed by atoms with Crippen molar-refractivity contribution in [3.05, 3.63) is 23.8 Å². The summed E-state index contributed by atoms with van der Waals surface area (Å²) < 4.78 is 5.58. The Labute approximate surface area is 141 Å². The number of nitrogens with zero attached hydrogens (tertiary/aromatic N) is 1. The second kappa shape index (κ2) is 6.34. The van der Waals surface area contributed by atoms with Crippen LogP contribution >= 0.6 is 0 Å². The lowest BCUT2D eigenvalue weighted by Gasteiger charge is -2.40. The average molecular weight is 329 g/mol. The van der Waals surface area contributed by atoms with E-state index in [1.807, 2.05) is 18.2 Å². The van der Waals surface area contributed by atoms with Crippen molar-refractivity contribution in [2.75, 3.05) is 25.0 Å². The number of rotatable bonds is 3. The molecule has 0 spiro atoms. The molecular formula is C18H23N3O3. The van der Waals surface area contributed by atoms with Crippen LogP contribution in [0, 0.1) is 5.92 Å². The number of fused-ring (bicyclic) bond motifs is 1.